The molecule has 29 heavy (non-hydrogen) atoms. The van der Waals surface area contributed by atoms with Gasteiger partial charge in [-0.25, -0.2) is 0 Å². The number of benzene rings is 1. The van der Waals surface area contributed by atoms with Crippen molar-refractivity contribution in [2.45, 2.75) is 6.18 Å². The summed E-state index contributed by atoms with van der Waals surface area (Å²) in [7, 11) is 1.25. The monoisotopic (exact) mass is 399 g/mol. The number of aliphatic imine (C=N–C) groups is 1. The Morgan fingerprint density at radius 2 is 1.97 bits per heavy atom. The maximum atomic E-state index is 12.6. The van der Waals surface area contributed by atoms with Gasteiger partial charge in [0.2, 0.25) is 0 Å². The van der Waals surface area contributed by atoms with Crippen molar-refractivity contribution in [3.8, 4) is 11.1 Å². The molecule has 0 aliphatic carbocycles. The lowest BCUT2D eigenvalue weighted by Gasteiger charge is -2.09. The first-order chi connectivity index (χ1) is 13.8. The molecule has 148 valence electrons. The molecule has 0 aliphatic heterocycles. The van der Waals surface area contributed by atoms with Crippen LogP contribution >= 0.6 is 0 Å². The van der Waals surface area contributed by atoms with Gasteiger partial charge < -0.3 is 11.1 Å². The Morgan fingerprint density at radius 3 is 2.62 bits per heavy atom. The van der Waals surface area contributed by atoms with Gasteiger partial charge in [-0.3, -0.25) is 19.8 Å². The molecule has 0 saturated carbocycles. The maximum Gasteiger partial charge on any atom is 0.430 e. The van der Waals surface area contributed by atoms with Gasteiger partial charge in [0.25, 0.3) is 5.91 Å². The number of hydrogen-bond donors (Lipinski definition) is 2. The average Bonchev–Trinajstić information content (AvgIpc) is 2.72. The second-order valence-corrected chi connectivity index (χ2v) is 6.03. The van der Waals surface area contributed by atoms with Gasteiger partial charge in [0.15, 0.2) is 0 Å². The van der Waals surface area contributed by atoms with E-state index in [2.05, 4.69) is 20.3 Å². The molecule has 2 aromatic heterocycles. The number of amides is 1. The van der Waals surface area contributed by atoms with Crippen LogP contribution in [-0.4, -0.2) is 34.9 Å². The molecule has 9 heteroatoms. The number of nitrogens with two attached hydrogens (primary N) is 1. The Bertz CT molecular complexity index is 1110. The summed E-state index contributed by atoms with van der Waals surface area (Å²) in [4.78, 5) is 24.5. The van der Waals surface area contributed by atoms with E-state index in [0.29, 0.717) is 11.6 Å². The van der Waals surface area contributed by atoms with E-state index in [1.807, 2.05) is 18.2 Å². The van der Waals surface area contributed by atoms with Gasteiger partial charge in [-0.05, 0) is 24.3 Å². The number of pyridine rings is 2. The van der Waals surface area contributed by atoms with Crippen LogP contribution in [-0.2, 0) is 0 Å². The molecule has 2 heterocycles. The third-order valence-electron chi connectivity index (χ3n) is 4.04. The lowest BCUT2D eigenvalue weighted by Crippen LogP contribution is -2.31. The molecule has 0 spiro atoms. The average molecular weight is 399 g/mol. The number of carbonyl (C=O) groups excluding carboxylic acids is 1. The molecule has 3 N–H and O–H groups in total. The predicted molar refractivity (Wildman–Crippen MR) is 104 cm³/mol. The van der Waals surface area contributed by atoms with E-state index in [1.165, 1.54) is 7.05 Å². The zero-order valence-corrected chi connectivity index (χ0v) is 15.2. The van der Waals surface area contributed by atoms with E-state index in [-0.39, 0.29) is 11.4 Å². The van der Waals surface area contributed by atoms with E-state index < -0.39 is 17.8 Å². The van der Waals surface area contributed by atoms with Crippen LogP contribution in [0.4, 0.5) is 13.2 Å². The zero-order valence-electron chi connectivity index (χ0n) is 15.2. The molecular weight excluding hydrogens is 383 g/mol. The fourth-order valence-corrected chi connectivity index (χ4v) is 2.53. The Labute approximate surface area is 164 Å². The first-order valence-corrected chi connectivity index (χ1v) is 8.40. The van der Waals surface area contributed by atoms with E-state index in [4.69, 9.17) is 5.73 Å². The van der Waals surface area contributed by atoms with E-state index in [1.54, 1.807) is 36.8 Å². The van der Waals surface area contributed by atoms with E-state index in [9.17, 15) is 18.0 Å². The molecule has 3 rings (SSSR count). The number of carbonyl (C=O) groups is 1. The molecule has 0 radical (unpaired) electrons. The van der Waals surface area contributed by atoms with Crippen molar-refractivity contribution < 1.29 is 18.0 Å². The summed E-state index contributed by atoms with van der Waals surface area (Å²) in [6.45, 7) is 0. The van der Waals surface area contributed by atoms with E-state index in [0.717, 1.165) is 16.5 Å². The second kappa shape index (κ2) is 8.09. The van der Waals surface area contributed by atoms with Crippen molar-refractivity contribution in [1.82, 2.24) is 15.3 Å². The number of fused-ring (bicyclic) bond motifs is 1. The number of nitrogens with zero attached hydrogens (tertiary/aromatic N) is 3. The van der Waals surface area contributed by atoms with Crippen LogP contribution in [0.2, 0.25) is 0 Å². The largest absolute Gasteiger partial charge is 0.430 e. The Balaban J connectivity index is 1.83. The van der Waals surface area contributed by atoms with Crippen LogP contribution in [0.1, 0.15) is 10.4 Å². The summed E-state index contributed by atoms with van der Waals surface area (Å²) in [6.07, 6.45) is 0.911. The Kier molecular flexibility index (Phi) is 5.58. The summed E-state index contributed by atoms with van der Waals surface area (Å²) in [5, 5.41) is 3.11. The molecule has 0 bridgehead atoms. The summed E-state index contributed by atoms with van der Waals surface area (Å²) in [5.41, 5.74) is 6.17. The van der Waals surface area contributed by atoms with E-state index >= 15 is 0 Å². The quantitative estimate of drug-likeness (QED) is 0.521. The molecule has 0 saturated heterocycles. The van der Waals surface area contributed by atoms with Crippen molar-refractivity contribution in [3.05, 3.63) is 72.3 Å². The van der Waals surface area contributed by atoms with Crippen molar-refractivity contribution in [2.24, 2.45) is 10.7 Å². The van der Waals surface area contributed by atoms with Crippen LogP contribution in [0.3, 0.4) is 0 Å². The second-order valence-electron chi connectivity index (χ2n) is 6.03. The molecule has 0 fully saturated rings. The number of allylic oxidation sites excluding steroid dienone is 1. The molecule has 0 unspecified atom stereocenters. The van der Waals surface area contributed by atoms with Gasteiger partial charge in [0, 0.05) is 53.8 Å². The molecule has 1 amide bonds. The van der Waals surface area contributed by atoms with Crippen molar-refractivity contribution >= 4 is 22.6 Å². The zero-order chi connectivity index (χ0) is 21.0. The normalized spacial score (nSPS) is 12.8. The van der Waals surface area contributed by atoms with Gasteiger partial charge in [-0.2, -0.15) is 13.2 Å². The van der Waals surface area contributed by atoms with Gasteiger partial charge >= 0.3 is 6.18 Å². The Morgan fingerprint density at radius 1 is 1.17 bits per heavy atom. The smallest absolute Gasteiger partial charge is 0.395 e. The van der Waals surface area contributed by atoms with Crippen LogP contribution in [0.25, 0.3) is 22.0 Å². The summed E-state index contributed by atoms with van der Waals surface area (Å²) >= 11 is 0. The van der Waals surface area contributed by atoms with Gasteiger partial charge in [0.1, 0.15) is 11.5 Å². The first-order valence-electron chi connectivity index (χ1n) is 8.40. The number of aromatic nitrogens is 2. The number of hydrogen-bond acceptors (Lipinski definition) is 5. The minimum absolute atomic E-state index is 0.222. The lowest BCUT2D eigenvalue weighted by molar-refractivity contribution is -0.0925. The predicted octanol–water partition coefficient (Wildman–Crippen LogP) is 3.46. The minimum atomic E-state index is -4.71. The van der Waals surface area contributed by atoms with Crippen molar-refractivity contribution in [2.75, 3.05) is 7.05 Å². The molecular formula is C20H16F3N5O. The van der Waals surface area contributed by atoms with Gasteiger partial charge in [-0.15, -0.1) is 0 Å². The number of alkyl halides is 3. The van der Waals surface area contributed by atoms with Crippen molar-refractivity contribution in [1.29, 1.82) is 0 Å². The highest BCUT2D eigenvalue weighted by molar-refractivity contribution is 6.11. The number of amidine groups is 1. The molecule has 1 aromatic carbocycles. The number of rotatable bonds is 3. The molecule has 3 aromatic rings. The Hall–Kier alpha value is -3.75. The highest BCUT2D eigenvalue weighted by atomic mass is 19.4. The van der Waals surface area contributed by atoms with Crippen LogP contribution in [0.15, 0.2) is 71.8 Å². The first kappa shape index (κ1) is 20.0. The number of nitrogens with one attached hydrogen (secondary N) is 1. The molecule has 0 atom stereocenters. The van der Waals surface area contributed by atoms with Crippen molar-refractivity contribution in [3.63, 3.8) is 0 Å². The highest BCUT2D eigenvalue weighted by Gasteiger charge is 2.31. The van der Waals surface area contributed by atoms with Crippen LogP contribution < -0.4 is 11.1 Å². The van der Waals surface area contributed by atoms with Gasteiger partial charge in [-0.1, -0.05) is 12.1 Å². The third-order valence-corrected chi connectivity index (χ3v) is 4.04. The fourth-order valence-electron chi connectivity index (χ4n) is 2.53. The standard InChI is InChI=1S/C20H16F3N5O/c1-25-18(9-17(24)20(21,22)23)28-19(29)13-5-4-12-7-15(11-27-16(12)8-13)14-3-2-6-26-10-14/h2-11H,24H2,1H3,(H,25,28,29). The van der Waals surface area contributed by atoms with Crippen LogP contribution in [0.5, 0.6) is 0 Å². The summed E-state index contributed by atoms with van der Waals surface area (Å²) < 4.78 is 37.7. The summed E-state index contributed by atoms with van der Waals surface area (Å²) in [6, 6.07) is 10.4. The molecule has 0 aliphatic rings. The number of halogens is 3. The SMILES string of the molecule is CN=C(C=C(N)C(F)(F)F)NC(=O)c1ccc2cc(-c3cccnc3)cnc2c1. The summed E-state index contributed by atoms with van der Waals surface area (Å²) in [5.74, 6) is -0.929. The third kappa shape index (κ3) is 4.75. The van der Waals surface area contributed by atoms with Gasteiger partial charge in [0.05, 0.1) is 5.52 Å². The maximum absolute atomic E-state index is 12.6. The minimum Gasteiger partial charge on any atom is -0.395 e. The van der Waals surface area contributed by atoms with Crippen LogP contribution in [0, 0.1) is 0 Å². The topological polar surface area (TPSA) is 93.3 Å². The molecule has 6 nitrogen and oxygen atoms in total. The fraction of sp³-hybridized carbons (Fsp3) is 0.100. The highest BCUT2D eigenvalue weighted by Crippen LogP contribution is 2.23. The lowest BCUT2D eigenvalue weighted by atomic mass is 10.1.